The second-order valence-electron chi connectivity index (χ2n) is 6.91. The summed E-state index contributed by atoms with van der Waals surface area (Å²) in [7, 11) is 0. The Morgan fingerprint density at radius 3 is 2.72 bits per heavy atom. The van der Waals surface area contributed by atoms with E-state index in [0.717, 1.165) is 38.1 Å². The summed E-state index contributed by atoms with van der Waals surface area (Å²) >= 11 is 0. The normalized spacial score (nSPS) is 20.2. The number of piperidine rings is 1. The third-order valence-corrected chi connectivity index (χ3v) is 4.89. The van der Waals surface area contributed by atoms with Crippen LogP contribution in [0.3, 0.4) is 0 Å². The number of nitrogens with zero attached hydrogens (tertiary/aromatic N) is 2. The summed E-state index contributed by atoms with van der Waals surface area (Å²) in [6.07, 6.45) is 6.65. The van der Waals surface area contributed by atoms with Gasteiger partial charge in [0.2, 0.25) is 5.91 Å². The van der Waals surface area contributed by atoms with E-state index >= 15 is 0 Å². The Kier molecular flexibility index (Phi) is 11.3. The molecule has 25 heavy (non-hydrogen) atoms. The summed E-state index contributed by atoms with van der Waals surface area (Å²) in [6.45, 7) is 12.9. The fourth-order valence-electron chi connectivity index (χ4n) is 3.19. The zero-order valence-electron chi connectivity index (χ0n) is 16.7. The molecule has 0 aromatic rings. The minimum Gasteiger partial charge on any atom is -0.357 e. The number of carbonyl (C=O) groups excluding carboxylic acids is 1. The molecule has 0 radical (unpaired) electrons. The maximum absolute atomic E-state index is 11.8. The lowest BCUT2D eigenvalue weighted by Gasteiger charge is -2.34. The number of carbonyl (C=O) groups is 1. The largest absolute Gasteiger partial charge is 0.357 e. The van der Waals surface area contributed by atoms with Crippen LogP contribution in [0.1, 0.15) is 66.2 Å². The van der Waals surface area contributed by atoms with Crippen molar-refractivity contribution in [2.45, 2.75) is 78.3 Å². The van der Waals surface area contributed by atoms with Gasteiger partial charge in [0.15, 0.2) is 5.96 Å². The highest BCUT2D eigenvalue weighted by Gasteiger charge is 2.19. The van der Waals surface area contributed by atoms with Gasteiger partial charge >= 0.3 is 0 Å². The quantitative estimate of drug-likeness (QED) is 0.416. The van der Waals surface area contributed by atoms with Gasteiger partial charge in [0, 0.05) is 38.1 Å². The predicted molar refractivity (Wildman–Crippen MR) is 106 cm³/mol. The Balaban J connectivity index is 2.34. The maximum atomic E-state index is 11.8. The Morgan fingerprint density at radius 2 is 2.04 bits per heavy atom. The molecule has 6 heteroatoms. The van der Waals surface area contributed by atoms with Crippen molar-refractivity contribution >= 4 is 11.9 Å². The van der Waals surface area contributed by atoms with Crippen LogP contribution in [0.2, 0.25) is 0 Å². The molecule has 1 amide bonds. The molecule has 0 aromatic heterocycles. The maximum Gasteiger partial charge on any atom is 0.221 e. The lowest BCUT2D eigenvalue weighted by atomic mass is 10.0. The van der Waals surface area contributed by atoms with E-state index in [-0.39, 0.29) is 11.9 Å². The average molecular weight is 354 g/mol. The molecule has 1 rings (SSSR count). The highest BCUT2D eigenvalue weighted by molar-refractivity contribution is 5.81. The molecule has 2 atom stereocenters. The van der Waals surface area contributed by atoms with Crippen molar-refractivity contribution in [1.82, 2.24) is 20.9 Å². The number of likely N-dealkylation sites (tertiary alicyclic amines) is 1. The van der Waals surface area contributed by atoms with Crippen LogP contribution in [0.25, 0.3) is 0 Å². The van der Waals surface area contributed by atoms with Gasteiger partial charge < -0.3 is 16.0 Å². The van der Waals surface area contributed by atoms with E-state index < -0.39 is 0 Å². The van der Waals surface area contributed by atoms with Gasteiger partial charge in [0.25, 0.3) is 0 Å². The van der Waals surface area contributed by atoms with Crippen LogP contribution in [0.4, 0.5) is 0 Å². The van der Waals surface area contributed by atoms with Crippen molar-refractivity contribution in [1.29, 1.82) is 0 Å². The van der Waals surface area contributed by atoms with Crippen molar-refractivity contribution in [3.8, 4) is 0 Å². The summed E-state index contributed by atoms with van der Waals surface area (Å²) in [5.41, 5.74) is 0. The van der Waals surface area contributed by atoms with Gasteiger partial charge in [0.05, 0.1) is 6.54 Å². The number of guanidine groups is 1. The van der Waals surface area contributed by atoms with E-state index in [4.69, 9.17) is 0 Å². The predicted octanol–water partition coefficient (Wildman–Crippen LogP) is 2.11. The lowest BCUT2D eigenvalue weighted by molar-refractivity contribution is -0.121. The van der Waals surface area contributed by atoms with Gasteiger partial charge in [-0.3, -0.25) is 14.7 Å². The van der Waals surface area contributed by atoms with E-state index in [0.29, 0.717) is 13.0 Å². The second-order valence-corrected chi connectivity index (χ2v) is 6.91. The second kappa shape index (κ2) is 13.0. The van der Waals surface area contributed by atoms with Gasteiger partial charge in [-0.2, -0.15) is 0 Å². The van der Waals surface area contributed by atoms with E-state index in [1.807, 2.05) is 6.92 Å². The molecule has 0 aliphatic carbocycles. The summed E-state index contributed by atoms with van der Waals surface area (Å²) in [4.78, 5) is 19.1. The number of rotatable bonds is 10. The highest BCUT2D eigenvalue weighted by Crippen LogP contribution is 2.18. The van der Waals surface area contributed by atoms with Gasteiger partial charge in [-0.25, -0.2) is 0 Å². The molecule has 0 aromatic carbocycles. The third-order valence-electron chi connectivity index (χ3n) is 4.89. The van der Waals surface area contributed by atoms with Gasteiger partial charge in [-0.05, 0) is 46.1 Å². The summed E-state index contributed by atoms with van der Waals surface area (Å²) < 4.78 is 0. The standard InChI is InChI=1S/C19H39N5O/c1-5-16(4)23-18(25)11-12-21-19(20-7-3)22-13-15-24-14-9-8-10-17(24)6-2/h16-17H,5-15H2,1-4H3,(H,23,25)(H2,20,21,22). The van der Waals surface area contributed by atoms with Crippen LogP contribution in [-0.4, -0.2) is 61.6 Å². The molecule has 0 saturated carbocycles. The minimum atomic E-state index is 0.0943. The molecule has 3 N–H and O–H groups in total. The SMILES string of the molecule is CCNC(=NCCN1CCCCC1CC)NCCC(=O)NC(C)CC. The van der Waals surface area contributed by atoms with E-state index in [9.17, 15) is 4.79 Å². The molecule has 1 heterocycles. The molecule has 146 valence electrons. The highest BCUT2D eigenvalue weighted by atomic mass is 16.1. The summed E-state index contributed by atoms with van der Waals surface area (Å²) in [6, 6.07) is 0.967. The Hall–Kier alpha value is -1.30. The number of aliphatic imine (C=N–C) groups is 1. The molecule has 2 unspecified atom stereocenters. The van der Waals surface area contributed by atoms with Crippen molar-refractivity contribution in [2.24, 2.45) is 4.99 Å². The van der Waals surface area contributed by atoms with Gasteiger partial charge in [-0.1, -0.05) is 20.3 Å². The van der Waals surface area contributed by atoms with Gasteiger partial charge in [0.1, 0.15) is 0 Å². The molecular weight excluding hydrogens is 314 g/mol. The van der Waals surface area contributed by atoms with Crippen molar-refractivity contribution in [2.75, 3.05) is 32.7 Å². The average Bonchev–Trinajstić information content (AvgIpc) is 2.62. The number of amides is 1. The van der Waals surface area contributed by atoms with Crippen LogP contribution >= 0.6 is 0 Å². The molecule has 1 aliphatic heterocycles. The minimum absolute atomic E-state index is 0.0943. The monoisotopic (exact) mass is 353 g/mol. The Bertz CT molecular complexity index is 399. The number of hydrogen-bond donors (Lipinski definition) is 3. The van der Waals surface area contributed by atoms with Crippen molar-refractivity contribution in [3.63, 3.8) is 0 Å². The Labute approximate surface area is 154 Å². The Morgan fingerprint density at radius 1 is 1.24 bits per heavy atom. The third kappa shape index (κ3) is 9.10. The first kappa shape index (κ1) is 21.7. The zero-order valence-corrected chi connectivity index (χ0v) is 16.7. The molecule has 1 aliphatic rings. The van der Waals surface area contributed by atoms with Crippen LogP contribution in [-0.2, 0) is 4.79 Å². The van der Waals surface area contributed by atoms with Crippen molar-refractivity contribution < 1.29 is 4.79 Å². The first-order valence-corrected chi connectivity index (χ1v) is 10.2. The summed E-state index contributed by atoms with van der Waals surface area (Å²) in [5, 5.41) is 9.51. The first-order chi connectivity index (χ1) is 12.1. The van der Waals surface area contributed by atoms with E-state index in [1.54, 1.807) is 0 Å². The van der Waals surface area contributed by atoms with E-state index in [2.05, 4.69) is 46.6 Å². The summed E-state index contributed by atoms with van der Waals surface area (Å²) in [5.74, 6) is 0.903. The topological polar surface area (TPSA) is 68.8 Å². The molecule has 0 spiro atoms. The fourth-order valence-corrected chi connectivity index (χ4v) is 3.19. The number of nitrogens with one attached hydrogen (secondary N) is 3. The molecule has 1 saturated heterocycles. The number of hydrogen-bond acceptors (Lipinski definition) is 3. The van der Waals surface area contributed by atoms with Crippen LogP contribution in [0, 0.1) is 0 Å². The molecule has 1 fully saturated rings. The van der Waals surface area contributed by atoms with E-state index in [1.165, 1.54) is 32.2 Å². The molecular formula is C19H39N5O. The van der Waals surface area contributed by atoms with Gasteiger partial charge in [-0.15, -0.1) is 0 Å². The smallest absolute Gasteiger partial charge is 0.221 e. The lowest BCUT2D eigenvalue weighted by Crippen LogP contribution is -2.42. The van der Waals surface area contributed by atoms with Crippen molar-refractivity contribution in [3.05, 3.63) is 0 Å². The van der Waals surface area contributed by atoms with Crippen LogP contribution in [0.15, 0.2) is 4.99 Å². The molecule has 0 bridgehead atoms. The zero-order chi connectivity index (χ0) is 18.5. The first-order valence-electron chi connectivity index (χ1n) is 10.2. The van der Waals surface area contributed by atoms with Crippen LogP contribution in [0.5, 0.6) is 0 Å². The fraction of sp³-hybridized carbons (Fsp3) is 0.895. The molecule has 6 nitrogen and oxygen atoms in total. The van der Waals surface area contributed by atoms with Crippen LogP contribution < -0.4 is 16.0 Å².